The molecule has 3 rings (SSSR count). The van der Waals surface area contributed by atoms with E-state index in [2.05, 4.69) is 5.10 Å². The van der Waals surface area contributed by atoms with E-state index in [9.17, 15) is 22.8 Å². The maximum atomic E-state index is 12.6. The number of halogens is 3. The molecule has 1 atom stereocenters. The quantitative estimate of drug-likeness (QED) is 0.616. The third-order valence-electron chi connectivity index (χ3n) is 5.21. The molecular formula is C19H28F3N5O6. The van der Waals surface area contributed by atoms with Crippen molar-refractivity contribution in [1.29, 1.82) is 0 Å². The molecule has 1 N–H and O–H groups in total. The topological polar surface area (TPSA) is 117 Å². The van der Waals surface area contributed by atoms with Gasteiger partial charge in [-0.25, -0.2) is 4.79 Å². The molecule has 2 saturated heterocycles. The van der Waals surface area contributed by atoms with Crippen molar-refractivity contribution in [2.75, 3.05) is 61.1 Å². The smallest absolute Gasteiger partial charge is 0.475 e. The number of morpholine rings is 1. The van der Waals surface area contributed by atoms with Crippen molar-refractivity contribution in [2.24, 2.45) is 0 Å². The summed E-state index contributed by atoms with van der Waals surface area (Å²) in [6, 6.07) is 1.46. The first-order valence-electron chi connectivity index (χ1n) is 9.97. The van der Waals surface area contributed by atoms with E-state index in [1.54, 1.807) is 47.9 Å². The molecule has 2 fully saturated rings. The fourth-order valence-electron chi connectivity index (χ4n) is 3.48. The Labute approximate surface area is 188 Å². The summed E-state index contributed by atoms with van der Waals surface area (Å²) in [6.07, 6.45) is -3.30. The van der Waals surface area contributed by atoms with E-state index >= 15 is 0 Å². The highest BCUT2D eigenvalue weighted by molar-refractivity contribution is 5.93. The van der Waals surface area contributed by atoms with Gasteiger partial charge < -0.3 is 24.4 Å². The van der Waals surface area contributed by atoms with Gasteiger partial charge in [-0.15, -0.1) is 0 Å². The first-order chi connectivity index (χ1) is 15.3. The van der Waals surface area contributed by atoms with Crippen molar-refractivity contribution in [1.82, 2.24) is 24.5 Å². The Morgan fingerprint density at radius 2 is 1.91 bits per heavy atom. The van der Waals surface area contributed by atoms with Crippen LogP contribution in [-0.2, 0) is 25.6 Å². The maximum absolute atomic E-state index is 12.6. The number of ether oxygens (including phenoxy) is 2. The van der Waals surface area contributed by atoms with Gasteiger partial charge in [0.1, 0.15) is 17.3 Å². The van der Waals surface area contributed by atoms with Crippen LogP contribution in [0.15, 0.2) is 12.3 Å². The third-order valence-corrected chi connectivity index (χ3v) is 5.21. The Morgan fingerprint density at radius 3 is 2.39 bits per heavy atom. The molecule has 0 saturated carbocycles. The minimum atomic E-state index is -5.08. The van der Waals surface area contributed by atoms with E-state index < -0.39 is 12.1 Å². The minimum absolute atomic E-state index is 0.0382. The molecule has 33 heavy (non-hydrogen) atoms. The number of carbonyl (C=O) groups is 3. The summed E-state index contributed by atoms with van der Waals surface area (Å²) >= 11 is 0. The largest absolute Gasteiger partial charge is 0.490 e. The van der Waals surface area contributed by atoms with Crippen molar-refractivity contribution >= 4 is 17.8 Å². The molecule has 2 amide bonds. The van der Waals surface area contributed by atoms with Crippen LogP contribution < -0.4 is 0 Å². The fourth-order valence-corrected chi connectivity index (χ4v) is 3.48. The summed E-state index contributed by atoms with van der Waals surface area (Å²) in [6.45, 7) is 3.18. The van der Waals surface area contributed by atoms with Crippen LogP contribution in [-0.4, -0.2) is 126 Å². The van der Waals surface area contributed by atoms with Gasteiger partial charge >= 0.3 is 12.1 Å². The highest BCUT2D eigenvalue weighted by Gasteiger charge is 2.51. The van der Waals surface area contributed by atoms with Crippen molar-refractivity contribution in [2.45, 2.75) is 24.4 Å². The molecule has 0 radical (unpaired) electrons. The Bertz CT molecular complexity index is 853. The van der Waals surface area contributed by atoms with Crippen LogP contribution in [0.5, 0.6) is 0 Å². The molecule has 0 aliphatic carbocycles. The van der Waals surface area contributed by atoms with Gasteiger partial charge in [-0.1, -0.05) is 0 Å². The average Bonchev–Trinajstić information content (AvgIpc) is 3.18. The number of hydrogen-bond donors (Lipinski definition) is 1. The number of aliphatic carboxylic acids is 1. The van der Waals surface area contributed by atoms with E-state index in [4.69, 9.17) is 19.4 Å². The van der Waals surface area contributed by atoms with Crippen LogP contribution in [0.25, 0.3) is 0 Å². The van der Waals surface area contributed by atoms with Crippen molar-refractivity contribution in [3.8, 4) is 0 Å². The van der Waals surface area contributed by atoms with Crippen LogP contribution >= 0.6 is 0 Å². The number of carboxylic acid groups (broad SMARTS) is 1. The lowest BCUT2D eigenvalue weighted by molar-refractivity contribution is -0.192. The SMILES string of the molecule is COCCn1ccc(C(=O)N2CC3(C2)CN(C)C(C(=O)N(C)C)CO3)n1.O=C(O)C(F)(F)F. The number of rotatable bonds is 5. The number of alkyl halides is 3. The van der Waals surface area contributed by atoms with Crippen molar-refractivity contribution in [3.05, 3.63) is 18.0 Å². The standard InChI is InChI=1S/C17H27N5O4.C2HF3O2/c1-19(2)16(24)14-9-26-17(10-20(14)3)11-21(12-17)15(23)13-5-6-22(18-13)7-8-25-4;3-2(4,5)1(6)7/h5-6,14H,7-12H2,1-4H3;(H,6,7). The summed E-state index contributed by atoms with van der Waals surface area (Å²) in [5, 5.41) is 11.4. The molecule has 14 heteroatoms. The molecular weight excluding hydrogens is 451 g/mol. The van der Waals surface area contributed by atoms with Crippen LogP contribution in [0.3, 0.4) is 0 Å². The van der Waals surface area contributed by atoms with Crippen LogP contribution in [0.2, 0.25) is 0 Å². The molecule has 186 valence electrons. The normalized spacial score (nSPS) is 20.0. The number of aromatic nitrogens is 2. The van der Waals surface area contributed by atoms with Gasteiger partial charge in [0.2, 0.25) is 5.91 Å². The first-order valence-corrected chi connectivity index (χ1v) is 9.97. The molecule has 11 nitrogen and oxygen atoms in total. The van der Waals surface area contributed by atoms with E-state index in [-0.39, 0.29) is 23.5 Å². The number of amides is 2. The van der Waals surface area contributed by atoms with Crippen molar-refractivity contribution in [3.63, 3.8) is 0 Å². The number of hydrogen-bond acceptors (Lipinski definition) is 7. The zero-order valence-electron chi connectivity index (χ0n) is 18.8. The van der Waals surface area contributed by atoms with Gasteiger partial charge in [-0.05, 0) is 13.1 Å². The van der Waals surface area contributed by atoms with Gasteiger partial charge in [-0.3, -0.25) is 19.2 Å². The number of likely N-dealkylation sites (tertiary alicyclic amines) is 1. The zero-order chi connectivity index (χ0) is 25.0. The second kappa shape index (κ2) is 10.5. The van der Waals surface area contributed by atoms with Crippen LogP contribution in [0.1, 0.15) is 10.5 Å². The molecule has 3 heterocycles. The number of carbonyl (C=O) groups excluding carboxylic acids is 2. The Kier molecular flexibility index (Phi) is 8.43. The highest BCUT2D eigenvalue weighted by Crippen LogP contribution is 2.31. The van der Waals surface area contributed by atoms with Crippen molar-refractivity contribution < 1.29 is 42.1 Å². The monoisotopic (exact) mass is 479 g/mol. The molecule has 1 spiro atoms. The summed E-state index contributed by atoms with van der Waals surface area (Å²) in [5.41, 5.74) is 0.0485. The Balaban J connectivity index is 0.000000479. The van der Waals surface area contributed by atoms with E-state index in [1.165, 1.54) is 0 Å². The summed E-state index contributed by atoms with van der Waals surface area (Å²) in [5.74, 6) is -2.81. The van der Waals surface area contributed by atoms with E-state index in [0.29, 0.717) is 45.1 Å². The number of likely N-dealkylation sites (N-methyl/N-ethyl adjacent to an activating group) is 2. The van der Waals surface area contributed by atoms with E-state index in [1.807, 2.05) is 11.9 Å². The Hall–Kier alpha value is -2.71. The minimum Gasteiger partial charge on any atom is -0.475 e. The second-order valence-corrected chi connectivity index (χ2v) is 8.08. The zero-order valence-corrected chi connectivity index (χ0v) is 18.8. The lowest BCUT2D eigenvalue weighted by atomic mass is 9.90. The molecule has 0 aromatic carbocycles. The molecule has 1 unspecified atom stereocenters. The summed E-state index contributed by atoms with van der Waals surface area (Å²) in [7, 11) is 7.05. The predicted octanol–water partition coefficient (Wildman–Crippen LogP) is -0.224. The lowest BCUT2D eigenvalue weighted by Gasteiger charge is -2.54. The first kappa shape index (κ1) is 26.5. The van der Waals surface area contributed by atoms with Gasteiger partial charge in [0.15, 0.2) is 0 Å². The lowest BCUT2D eigenvalue weighted by Crippen LogP contribution is -2.73. The average molecular weight is 479 g/mol. The predicted molar refractivity (Wildman–Crippen MR) is 107 cm³/mol. The molecule has 1 aromatic rings. The molecule has 2 aliphatic heterocycles. The second-order valence-electron chi connectivity index (χ2n) is 8.08. The summed E-state index contributed by atoms with van der Waals surface area (Å²) in [4.78, 5) is 39.0. The van der Waals surface area contributed by atoms with E-state index in [0.717, 1.165) is 0 Å². The molecule has 1 aromatic heterocycles. The van der Waals surface area contributed by atoms with Gasteiger partial charge in [0, 0.05) is 33.9 Å². The summed E-state index contributed by atoms with van der Waals surface area (Å²) < 4.78 is 44.5. The Morgan fingerprint density at radius 1 is 1.30 bits per heavy atom. The van der Waals surface area contributed by atoms with Crippen LogP contribution in [0, 0.1) is 0 Å². The van der Waals surface area contributed by atoms with Gasteiger partial charge in [0.25, 0.3) is 5.91 Å². The fraction of sp³-hybridized carbons (Fsp3) is 0.684. The van der Waals surface area contributed by atoms with Crippen LogP contribution in [0.4, 0.5) is 13.2 Å². The third kappa shape index (κ3) is 6.65. The number of nitrogens with zero attached hydrogens (tertiary/aromatic N) is 5. The number of methoxy groups -OCH3 is 1. The molecule has 2 aliphatic rings. The highest BCUT2D eigenvalue weighted by atomic mass is 19.4. The van der Waals surface area contributed by atoms with Gasteiger partial charge in [-0.2, -0.15) is 18.3 Å². The van der Waals surface area contributed by atoms with Gasteiger partial charge in [0.05, 0.1) is 32.8 Å². The molecule has 0 bridgehead atoms. The maximum Gasteiger partial charge on any atom is 0.490 e. The number of carboxylic acids is 1.